The third-order valence-electron chi connectivity index (χ3n) is 5.39. The molecule has 0 aliphatic carbocycles. The Morgan fingerprint density at radius 1 is 1.17 bits per heavy atom. The minimum Gasteiger partial charge on any atom is -0.395 e. The Labute approximate surface area is 174 Å². The zero-order valence-electron chi connectivity index (χ0n) is 16.3. The van der Waals surface area contributed by atoms with E-state index in [1.54, 1.807) is 12.3 Å². The number of benzene rings is 1. The molecule has 2 aromatic heterocycles. The van der Waals surface area contributed by atoms with Crippen LogP contribution in [0.25, 0.3) is 5.69 Å². The standard InChI is InChI=1S/C22H23FN4OS/c1-14-12-18(15(2)27(14)17-7-5-6-16(23)13-17)21-20(19-8-3-4-9-24-19)25-22(29)26(21)10-11-28/h3-9,12-13,20-21,28H,10-11H2,1-2H3,(H,25,29)/t20-,21+/m1/s1. The summed E-state index contributed by atoms with van der Waals surface area (Å²) in [7, 11) is 0. The SMILES string of the molecule is Cc1cc([C@H]2[C@@H](c3ccccn3)NC(=S)N2CCO)c(C)n1-c1cccc(F)c1. The number of hydrogen-bond donors (Lipinski definition) is 2. The van der Waals surface area contributed by atoms with E-state index in [4.69, 9.17) is 12.2 Å². The highest BCUT2D eigenvalue weighted by Gasteiger charge is 2.41. The monoisotopic (exact) mass is 410 g/mol. The average molecular weight is 411 g/mol. The van der Waals surface area contributed by atoms with E-state index >= 15 is 0 Å². The Kier molecular flexibility index (Phi) is 5.34. The van der Waals surface area contributed by atoms with Crippen molar-refractivity contribution in [2.75, 3.05) is 13.2 Å². The van der Waals surface area contributed by atoms with Gasteiger partial charge >= 0.3 is 0 Å². The predicted octanol–water partition coefficient (Wildman–Crippen LogP) is 3.59. The topological polar surface area (TPSA) is 53.3 Å². The van der Waals surface area contributed by atoms with Gasteiger partial charge < -0.3 is 19.9 Å². The van der Waals surface area contributed by atoms with E-state index in [0.717, 1.165) is 28.3 Å². The molecule has 1 aliphatic heterocycles. The molecule has 2 atom stereocenters. The molecule has 5 nitrogen and oxygen atoms in total. The van der Waals surface area contributed by atoms with Crippen LogP contribution in [0.15, 0.2) is 54.7 Å². The van der Waals surface area contributed by atoms with Crippen LogP contribution < -0.4 is 5.32 Å². The molecule has 1 aromatic carbocycles. The highest BCUT2D eigenvalue weighted by atomic mass is 32.1. The summed E-state index contributed by atoms with van der Waals surface area (Å²) in [4.78, 5) is 6.53. The molecule has 29 heavy (non-hydrogen) atoms. The van der Waals surface area contributed by atoms with Crippen LogP contribution in [0.4, 0.5) is 4.39 Å². The van der Waals surface area contributed by atoms with Crippen LogP contribution in [-0.2, 0) is 0 Å². The molecule has 0 bridgehead atoms. The lowest BCUT2D eigenvalue weighted by Gasteiger charge is -2.27. The number of aliphatic hydroxyl groups excluding tert-OH is 1. The number of rotatable bonds is 5. The second-order valence-corrected chi connectivity index (χ2v) is 7.57. The van der Waals surface area contributed by atoms with Crippen molar-refractivity contribution in [3.63, 3.8) is 0 Å². The number of thiocarbonyl (C=S) groups is 1. The lowest BCUT2D eigenvalue weighted by Crippen LogP contribution is -2.32. The summed E-state index contributed by atoms with van der Waals surface area (Å²) in [5.74, 6) is -0.270. The maximum Gasteiger partial charge on any atom is 0.170 e. The van der Waals surface area contributed by atoms with Crippen LogP contribution in [0, 0.1) is 19.7 Å². The number of aromatic nitrogens is 2. The molecular weight excluding hydrogens is 387 g/mol. The Morgan fingerprint density at radius 2 is 2.00 bits per heavy atom. The molecule has 0 radical (unpaired) electrons. The largest absolute Gasteiger partial charge is 0.395 e. The molecule has 150 valence electrons. The van der Waals surface area contributed by atoms with Crippen molar-refractivity contribution < 1.29 is 9.50 Å². The van der Waals surface area contributed by atoms with Gasteiger partial charge in [-0.05, 0) is 68.0 Å². The minimum atomic E-state index is -0.270. The maximum absolute atomic E-state index is 13.8. The van der Waals surface area contributed by atoms with Crippen molar-refractivity contribution in [1.82, 2.24) is 19.8 Å². The van der Waals surface area contributed by atoms with E-state index in [1.165, 1.54) is 12.1 Å². The van der Waals surface area contributed by atoms with Crippen molar-refractivity contribution in [3.8, 4) is 5.69 Å². The number of aliphatic hydroxyl groups is 1. The van der Waals surface area contributed by atoms with Crippen molar-refractivity contribution >= 4 is 17.3 Å². The van der Waals surface area contributed by atoms with Gasteiger partial charge in [0.25, 0.3) is 0 Å². The molecule has 4 rings (SSSR count). The number of nitrogens with one attached hydrogen (secondary N) is 1. The maximum atomic E-state index is 13.8. The smallest absolute Gasteiger partial charge is 0.170 e. The second-order valence-electron chi connectivity index (χ2n) is 7.19. The Balaban J connectivity index is 1.84. The van der Waals surface area contributed by atoms with E-state index in [9.17, 15) is 9.50 Å². The van der Waals surface area contributed by atoms with Gasteiger partial charge in [-0.3, -0.25) is 4.98 Å². The molecule has 3 heterocycles. The molecule has 2 N–H and O–H groups in total. The number of halogens is 1. The van der Waals surface area contributed by atoms with Crippen molar-refractivity contribution in [1.29, 1.82) is 0 Å². The van der Waals surface area contributed by atoms with Gasteiger partial charge in [0, 0.05) is 29.8 Å². The van der Waals surface area contributed by atoms with Crippen LogP contribution in [0.3, 0.4) is 0 Å². The summed E-state index contributed by atoms with van der Waals surface area (Å²) in [5.41, 5.74) is 4.75. The van der Waals surface area contributed by atoms with Gasteiger partial charge in [-0.25, -0.2) is 4.39 Å². The van der Waals surface area contributed by atoms with Gasteiger partial charge in [-0.1, -0.05) is 12.1 Å². The van der Waals surface area contributed by atoms with E-state index in [0.29, 0.717) is 11.7 Å². The predicted molar refractivity (Wildman–Crippen MR) is 114 cm³/mol. The van der Waals surface area contributed by atoms with Crippen molar-refractivity contribution in [2.24, 2.45) is 0 Å². The van der Waals surface area contributed by atoms with E-state index in [2.05, 4.69) is 16.4 Å². The van der Waals surface area contributed by atoms with Gasteiger partial charge in [0.1, 0.15) is 5.82 Å². The fraction of sp³-hybridized carbons (Fsp3) is 0.273. The molecule has 1 fully saturated rings. The summed E-state index contributed by atoms with van der Waals surface area (Å²) >= 11 is 5.57. The van der Waals surface area contributed by atoms with Crippen molar-refractivity contribution in [2.45, 2.75) is 25.9 Å². The first kappa shape index (κ1) is 19.5. The highest BCUT2D eigenvalue weighted by molar-refractivity contribution is 7.80. The van der Waals surface area contributed by atoms with Gasteiger partial charge in [-0.2, -0.15) is 0 Å². The first-order valence-electron chi connectivity index (χ1n) is 9.55. The third kappa shape index (κ3) is 3.52. The summed E-state index contributed by atoms with van der Waals surface area (Å²) in [6.07, 6.45) is 1.77. The highest BCUT2D eigenvalue weighted by Crippen LogP contribution is 2.41. The molecule has 0 unspecified atom stereocenters. The Bertz CT molecular complexity index is 1040. The summed E-state index contributed by atoms with van der Waals surface area (Å²) in [6.45, 7) is 4.45. The fourth-order valence-electron chi connectivity index (χ4n) is 4.19. The molecule has 7 heteroatoms. The molecule has 1 aliphatic rings. The van der Waals surface area contributed by atoms with E-state index in [1.807, 2.05) is 47.6 Å². The number of aryl methyl sites for hydroxylation is 1. The normalized spacial score (nSPS) is 18.9. The fourth-order valence-corrected chi connectivity index (χ4v) is 4.52. The zero-order valence-corrected chi connectivity index (χ0v) is 17.2. The van der Waals surface area contributed by atoms with Crippen LogP contribution in [0.1, 0.15) is 34.7 Å². The molecule has 3 aromatic rings. The molecular formula is C22H23FN4OS. The lowest BCUT2D eigenvalue weighted by molar-refractivity contribution is 0.223. The first-order valence-corrected chi connectivity index (χ1v) is 9.95. The van der Waals surface area contributed by atoms with Crippen LogP contribution in [0.2, 0.25) is 0 Å². The summed E-state index contributed by atoms with van der Waals surface area (Å²) in [5, 5.41) is 13.6. The van der Waals surface area contributed by atoms with Crippen LogP contribution in [0.5, 0.6) is 0 Å². The summed E-state index contributed by atoms with van der Waals surface area (Å²) in [6, 6.07) is 14.2. The zero-order chi connectivity index (χ0) is 20.5. The molecule has 0 saturated carbocycles. The Morgan fingerprint density at radius 3 is 2.69 bits per heavy atom. The number of hydrogen-bond acceptors (Lipinski definition) is 3. The second kappa shape index (κ2) is 7.93. The van der Waals surface area contributed by atoms with Crippen LogP contribution in [-0.4, -0.2) is 37.8 Å². The summed E-state index contributed by atoms with van der Waals surface area (Å²) < 4.78 is 15.9. The number of pyridine rings is 1. The lowest BCUT2D eigenvalue weighted by atomic mass is 9.97. The third-order valence-corrected chi connectivity index (χ3v) is 5.75. The van der Waals surface area contributed by atoms with Crippen LogP contribution >= 0.6 is 12.2 Å². The van der Waals surface area contributed by atoms with E-state index in [-0.39, 0.29) is 24.5 Å². The quantitative estimate of drug-likeness (QED) is 0.630. The van der Waals surface area contributed by atoms with Gasteiger partial charge in [-0.15, -0.1) is 0 Å². The van der Waals surface area contributed by atoms with Gasteiger partial charge in [0.2, 0.25) is 0 Å². The number of nitrogens with zero attached hydrogens (tertiary/aromatic N) is 3. The Hall–Kier alpha value is -2.77. The minimum absolute atomic E-state index is 0.00407. The molecule has 0 spiro atoms. The molecule has 1 saturated heterocycles. The van der Waals surface area contributed by atoms with E-state index < -0.39 is 0 Å². The average Bonchev–Trinajstić information content (AvgIpc) is 3.18. The first-order chi connectivity index (χ1) is 14.0. The number of β-amino-alcohol motifs (C(OH)–C–C–N with tert-alkyl or cyclic N) is 1. The van der Waals surface area contributed by atoms with Gasteiger partial charge in [0.05, 0.1) is 24.4 Å². The molecule has 0 amide bonds. The van der Waals surface area contributed by atoms with Crippen molar-refractivity contribution in [3.05, 3.63) is 83.2 Å². The van der Waals surface area contributed by atoms with Gasteiger partial charge in [0.15, 0.2) is 5.11 Å².